The number of nitrogens with one attached hydrogen (secondary N) is 1. The highest BCUT2D eigenvalue weighted by atomic mass is 16.5. The van der Waals surface area contributed by atoms with Crippen LogP contribution in [0.4, 0.5) is 5.69 Å². The summed E-state index contributed by atoms with van der Waals surface area (Å²) in [5.41, 5.74) is 2.68. The van der Waals surface area contributed by atoms with E-state index >= 15 is 0 Å². The Bertz CT molecular complexity index is 697. The molecule has 0 radical (unpaired) electrons. The van der Waals surface area contributed by atoms with Crippen LogP contribution in [0, 0.1) is 5.92 Å². The van der Waals surface area contributed by atoms with E-state index in [9.17, 15) is 4.79 Å². The lowest BCUT2D eigenvalue weighted by Gasteiger charge is -2.57. The molecule has 1 heterocycles. The molecule has 0 aromatic heterocycles. The molecule has 2 aliphatic rings. The smallest absolute Gasteiger partial charge is 0.230 e. The van der Waals surface area contributed by atoms with Gasteiger partial charge in [0.15, 0.2) is 0 Å². The van der Waals surface area contributed by atoms with E-state index < -0.39 is 5.60 Å². The number of carbonyl (C=O) groups excluding carboxylic acids is 1. The first-order valence-corrected chi connectivity index (χ1v) is 7.28. The minimum absolute atomic E-state index is 0.0720. The molecule has 1 aliphatic carbocycles. The van der Waals surface area contributed by atoms with E-state index in [4.69, 9.17) is 4.74 Å². The molecule has 1 saturated carbocycles. The van der Waals surface area contributed by atoms with E-state index in [0.29, 0.717) is 0 Å². The number of anilines is 1. The SMILES string of the molecule is CO[C@]12c3ccccc3NC(=O)[C@H]1C[C@H]2c1ccccc1. The number of carbonyl (C=O) groups is 1. The Labute approximate surface area is 123 Å². The van der Waals surface area contributed by atoms with Gasteiger partial charge in [-0.15, -0.1) is 0 Å². The van der Waals surface area contributed by atoms with Gasteiger partial charge < -0.3 is 10.1 Å². The van der Waals surface area contributed by atoms with Crippen LogP contribution in [0.2, 0.25) is 0 Å². The first kappa shape index (κ1) is 12.6. The van der Waals surface area contributed by atoms with Crippen LogP contribution in [-0.4, -0.2) is 13.0 Å². The highest BCUT2D eigenvalue weighted by Gasteiger charge is 2.62. The van der Waals surface area contributed by atoms with E-state index in [0.717, 1.165) is 17.7 Å². The number of fused-ring (bicyclic) bond motifs is 3. The molecule has 21 heavy (non-hydrogen) atoms. The average Bonchev–Trinajstić information content (AvgIpc) is 2.49. The molecular formula is C18H17NO2. The number of hydrogen-bond acceptors (Lipinski definition) is 2. The standard InChI is InChI=1S/C18H17NO2/c1-21-18-13-9-5-6-10-16(13)19-17(20)15(18)11-14(18)12-7-3-2-4-8-12/h2-10,14-15H,11H2,1H3,(H,19,20)/t14-,15+,18-/m0/s1. The van der Waals surface area contributed by atoms with Crippen LogP contribution in [0.5, 0.6) is 0 Å². The van der Waals surface area contributed by atoms with Crippen LogP contribution >= 0.6 is 0 Å². The third kappa shape index (κ3) is 1.55. The maximum atomic E-state index is 12.4. The predicted octanol–water partition coefficient (Wildman–Crippen LogP) is 3.28. The molecule has 2 aromatic carbocycles. The highest BCUT2D eigenvalue weighted by Crippen LogP contribution is 2.62. The van der Waals surface area contributed by atoms with Gasteiger partial charge in [-0.3, -0.25) is 4.79 Å². The van der Waals surface area contributed by atoms with Crippen molar-refractivity contribution in [1.82, 2.24) is 0 Å². The van der Waals surface area contributed by atoms with Crippen molar-refractivity contribution in [3.05, 3.63) is 65.7 Å². The fourth-order valence-electron chi connectivity index (χ4n) is 3.96. The molecule has 3 nitrogen and oxygen atoms in total. The van der Waals surface area contributed by atoms with Crippen molar-refractivity contribution >= 4 is 11.6 Å². The minimum atomic E-state index is -0.527. The van der Waals surface area contributed by atoms with Gasteiger partial charge in [-0.2, -0.15) is 0 Å². The molecule has 3 atom stereocenters. The van der Waals surface area contributed by atoms with Gasteiger partial charge in [0, 0.05) is 24.3 Å². The van der Waals surface area contributed by atoms with E-state index in [1.165, 1.54) is 5.56 Å². The maximum Gasteiger partial charge on any atom is 0.230 e. The number of methoxy groups -OCH3 is 1. The summed E-state index contributed by atoms with van der Waals surface area (Å²) >= 11 is 0. The van der Waals surface area contributed by atoms with Crippen molar-refractivity contribution < 1.29 is 9.53 Å². The third-order valence-electron chi connectivity index (χ3n) is 4.97. The lowest BCUT2D eigenvalue weighted by Crippen LogP contribution is -2.59. The quantitative estimate of drug-likeness (QED) is 0.916. The van der Waals surface area contributed by atoms with Crippen LogP contribution in [0.3, 0.4) is 0 Å². The molecule has 4 rings (SSSR count). The molecule has 0 saturated heterocycles. The lowest BCUT2D eigenvalue weighted by molar-refractivity contribution is -0.170. The highest BCUT2D eigenvalue weighted by molar-refractivity contribution is 5.98. The fourth-order valence-corrected chi connectivity index (χ4v) is 3.96. The number of amides is 1. The third-order valence-corrected chi connectivity index (χ3v) is 4.97. The van der Waals surface area contributed by atoms with E-state index in [1.807, 2.05) is 36.4 Å². The van der Waals surface area contributed by atoms with Gasteiger partial charge in [-0.1, -0.05) is 48.5 Å². The molecule has 0 unspecified atom stereocenters. The molecule has 106 valence electrons. The average molecular weight is 279 g/mol. The van der Waals surface area contributed by atoms with Gasteiger partial charge >= 0.3 is 0 Å². The van der Waals surface area contributed by atoms with E-state index in [2.05, 4.69) is 23.5 Å². The van der Waals surface area contributed by atoms with Crippen molar-refractivity contribution in [2.75, 3.05) is 12.4 Å². The van der Waals surface area contributed by atoms with Crippen molar-refractivity contribution in [2.24, 2.45) is 5.92 Å². The van der Waals surface area contributed by atoms with Gasteiger partial charge in [0.2, 0.25) is 5.91 Å². The monoisotopic (exact) mass is 279 g/mol. The molecule has 0 bridgehead atoms. The Morgan fingerprint density at radius 2 is 1.76 bits per heavy atom. The van der Waals surface area contributed by atoms with Crippen LogP contribution in [-0.2, 0) is 15.1 Å². The van der Waals surface area contributed by atoms with Gasteiger partial charge in [0.1, 0.15) is 5.60 Å². The van der Waals surface area contributed by atoms with Crippen LogP contribution in [0.15, 0.2) is 54.6 Å². The lowest BCUT2D eigenvalue weighted by atomic mass is 9.54. The Morgan fingerprint density at radius 1 is 1.05 bits per heavy atom. The molecule has 3 heteroatoms. The van der Waals surface area contributed by atoms with Crippen molar-refractivity contribution in [3.8, 4) is 0 Å². The first-order chi connectivity index (χ1) is 10.3. The molecule has 1 fully saturated rings. The number of rotatable bonds is 2. The first-order valence-electron chi connectivity index (χ1n) is 7.28. The maximum absolute atomic E-state index is 12.4. The molecule has 1 amide bonds. The van der Waals surface area contributed by atoms with Gasteiger partial charge in [0.25, 0.3) is 0 Å². The summed E-state index contributed by atoms with van der Waals surface area (Å²) in [7, 11) is 1.72. The minimum Gasteiger partial charge on any atom is -0.372 e. The van der Waals surface area contributed by atoms with Crippen molar-refractivity contribution in [3.63, 3.8) is 0 Å². The summed E-state index contributed by atoms with van der Waals surface area (Å²) < 4.78 is 5.98. The van der Waals surface area contributed by atoms with Gasteiger partial charge in [-0.05, 0) is 18.1 Å². The van der Waals surface area contributed by atoms with E-state index in [-0.39, 0.29) is 17.7 Å². The Kier molecular flexibility index (Phi) is 2.66. The Morgan fingerprint density at radius 3 is 2.52 bits per heavy atom. The zero-order valence-electron chi connectivity index (χ0n) is 11.9. The van der Waals surface area contributed by atoms with Crippen LogP contribution < -0.4 is 5.32 Å². The summed E-state index contributed by atoms with van der Waals surface area (Å²) in [4.78, 5) is 12.4. The van der Waals surface area contributed by atoms with Crippen molar-refractivity contribution in [2.45, 2.75) is 17.9 Å². The number of para-hydroxylation sites is 1. The molecule has 1 aliphatic heterocycles. The molecule has 1 N–H and O–H groups in total. The summed E-state index contributed by atoms with van der Waals surface area (Å²) in [5.74, 6) is 0.186. The number of benzene rings is 2. The summed E-state index contributed by atoms with van der Waals surface area (Å²) in [6, 6.07) is 18.3. The van der Waals surface area contributed by atoms with E-state index in [1.54, 1.807) is 7.11 Å². The second-order valence-electron chi connectivity index (χ2n) is 5.78. The predicted molar refractivity (Wildman–Crippen MR) is 81.0 cm³/mol. The molecular weight excluding hydrogens is 262 g/mol. The summed E-state index contributed by atoms with van der Waals surface area (Å²) in [6.45, 7) is 0. The summed E-state index contributed by atoms with van der Waals surface area (Å²) in [5, 5.41) is 3.00. The second kappa shape index (κ2) is 4.43. The number of hydrogen-bond donors (Lipinski definition) is 1. The van der Waals surface area contributed by atoms with Crippen LogP contribution in [0.25, 0.3) is 0 Å². The zero-order chi connectivity index (χ0) is 14.4. The van der Waals surface area contributed by atoms with Crippen molar-refractivity contribution in [1.29, 1.82) is 0 Å². The second-order valence-corrected chi connectivity index (χ2v) is 5.78. The van der Waals surface area contributed by atoms with Gasteiger partial charge in [-0.25, -0.2) is 0 Å². The zero-order valence-corrected chi connectivity index (χ0v) is 11.9. The van der Waals surface area contributed by atoms with Gasteiger partial charge in [0.05, 0.1) is 5.92 Å². The topological polar surface area (TPSA) is 38.3 Å². The molecule has 2 aromatic rings. The largest absolute Gasteiger partial charge is 0.372 e. The Hall–Kier alpha value is -2.13. The molecule has 0 spiro atoms. The summed E-state index contributed by atoms with van der Waals surface area (Å²) in [6.07, 6.45) is 0.831. The normalized spacial score (nSPS) is 29.9. The fraction of sp³-hybridized carbons (Fsp3) is 0.278. The van der Waals surface area contributed by atoms with Crippen LogP contribution in [0.1, 0.15) is 23.5 Å². The Balaban J connectivity index is 1.88. The number of ether oxygens (including phenoxy) is 1.